The van der Waals surface area contributed by atoms with Crippen molar-refractivity contribution in [1.82, 2.24) is 9.55 Å². The van der Waals surface area contributed by atoms with Crippen molar-refractivity contribution < 1.29 is 13.5 Å². The van der Waals surface area contributed by atoms with Gasteiger partial charge in [-0.3, -0.25) is 0 Å². The number of halogens is 2. The Hall–Kier alpha value is -1.95. The van der Waals surface area contributed by atoms with Crippen LogP contribution < -0.4 is 10.5 Å². The Balaban J connectivity index is 2.13. The molecule has 0 saturated heterocycles. The van der Waals surface area contributed by atoms with Gasteiger partial charge in [0.15, 0.2) is 17.4 Å². The van der Waals surface area contributed by atoms with Crippen molar-refractivity contribution in [2.75, 3.05) is 0 Å². The molecule has 0 fully saturated rings. The number of nitrogens with zero attached hydrogens (tertiary/aromatic N) is 2. The SMILES string of the molecule is CCCn1cncc1COc1c(F)cc(CN)cc1F. The van der Waals surface area contributed by atoms with Gasteiger partial charge in [-0.05, 0) is 24.1 Å². The predicted molar refractivity (Wildman–Crippen MR) is 71.1 cm³/mol. The van der Waals surface area contributed by atoms with Gasteiger partial charge in [0.05, 0.1) is 18.2 Å². The zero-order valence-electron chi connectivity index (χ0n) is 11.3. The monoisotopic (exact) mass is 281 g/mol. The van der Waals surface area contributed by atoms with Crippen molar-refractivity contribution in [3.8, 4) is 5.75 Å². The normalized spacial score (nSPS) is 10.8. The van der Waals surface area contributed by atoms with Crippen molar-refractivity contribution in [2.24, 2.45) is 5.73 Å². The van der Waals surface area contributed by atoms with E-state index >= 15 is 0 Å². The van der Waals surface area contributed by atoms with Gasteiger partial charge in [0.1, 0.15) is 6.61 Å². The van der Waals surface area contributed by atoms with Crippen LogP contribution in [0.4, 0.5) is 8.78 Å². The van der Waals surface area contributed by atoms with Gasteiger partial charge < -0.3 is 15.0 Å². The summed E-state index contributed by atoms with van der Waals surface area (Å²) in [5.41, 5.74) is 6.52. The summed E-state index contributed by atoms with van der Waals surface area (Å²) < 4.78 is 34.6. The van der Waals surface area contributed by atoms with Gasteiger partial charge >= 0.3 is 0 Å². The Kier molecular flexibility index (Phi) is 4.68. The van der Waals surface area contributed by atoms with E-state index in [1.54, 1.807) is 12.5 Å². The molecule has 1 aromatic carbocycles. The molecule has 2 N–H and O–H groups in total. The molecule has 1 aromatic heterocycles. The van der Waals surface area contributed by atoms with E-state index in [0.29, 0.717) is 5.56 Å². The average molecular weight is 281 g/mol. The molecule has 108 valence electrons. The zero-order chi connectivity index (χ0) is 14.5. The summed E-state index contributed by atoms with van der Waals surface area (Å²) in [7, 11) is 0. The van der Waals surface area contributed by atoms with Crippen LogP contribution in [0.5, 0.6) is 5.75 Å². The second-order valence-electron chi connectivity index (χ2n) is 4.46. The molecule has 0 aliphatic carbocycles. The van der Waals surface area contributed by atoms with Gasteiger partial charge in [-0.15, -0.1) is 0 Å². The number of nitrogens with two attached hydrogens (primary N) is 1. The third-order valence-corrected chi connectivity index (χ3v) is 2.92. The maximum atomic E-state index is 13.7. The van der Waals surface area contributed by atoms with Gasteiger partial charge in [-0.1, -0.05) is 6.92 Å². The van der Waals surface area contributed by atoms with Crippen LogP contribution in [-0.2, 0) is 19.7 Å². The number of benzene rings is 1. The summed E-state index contributed by atoms with van der Waals surface area (Å²) in [4.78, 5) is 4.00. The van der Waals surface area contributed by atoms with Gasteiger partial charge in [0.25, 0.3) is 0 Å². The average Bonchev–Trinajstić information content (AvgIpc) is 2.85. The van der Waals surface area contributed by atoms with E-state index in [4.69, 9.17) is 10.5 Å². The van der Waals surface area contributed by atoms with Crippen molar-refractivity contribution >= 4 is 0 Å². The Morgan fingerprint density at radius 1 is 1.30 bits per heavy atom. The third kappa shape index (κ3) is 3.14. The van der Waals surface area contributed by atoms with E-state index in [1.165, 1.54) is 12.1 Å². The largest absolute Gasteiger partial charge is 0.481 e. The van der Waals surface area contributed by atoms with E-state index < -0.39 is 11.6 Å². The van der Waals surface area contributed by atoms with Gasteiger partial charge in [0.2, 0.25) is 0 Å². The lowest BCUT2D eigenvalue weighted by Gasteiger charge is -2.11. The van der Waals surface area contributed by atoms with Gasteiger partial charge in [0, 0.05) is 13.1 Å². The highest BCUT2D eigenvalue weighted by atomic mass is 19.1. The Morgan fingerprint density at radius 3 is 2.60 bits per heavy atom. The van der Waals surface area contributed by atoms with Crippen molar-refractivity contribution in [2.45, 2.75) is 33.0 Å². The first-order valence-corrected chi connectivity index (χ1v) is 6.45. The lowest BCUT2D eigenvalue weighted by Crippen LogP contribution is -2.07. The Morgan fingerprint density at radius 2 is 2.00 bits per heavy atom. The minimum Gasteiger partial charge on any atom is -0.481 e. The maximum Gasteiger partial charge on any atom is 0.191 e. The number of ether oxygens (including phenoxy) is 1. The second-order valence-corrected chi connectivity index (χ2v) is 4.46. The van der Waals surface area contributed by atoms with E-state index in [0.717, 1.165) is 18.7 Å². The molecule has 0 saturated carbocycles. The molecule has 0 bridgehead atoms. The van der Waals surface area contributed by atoms with Crippen LogP contribution in [0.2, 0.25) is 0 Å². The lowest BCUT2D eigenvalue weighted by molar-refractivity contribution is 0.265. The van der Waals surface area contributed by atoms with Crippen LogP contribution in [0, 0.1) is 11.6 Å². The molecular weight excluding hydrogens is 264 g/mol. The number of aromatic nitrogens is 2. The first-order chi connectivity index (χ1) is 9.65. The first-order valence-electron chi connectivity index (χ1n) is 6.45. The summed E-state index contributed by atoms with van der Waals surface area (Å²) >= 11 is 0. The van der Waals surface area contributed by atoms with Crippen LogP contribution in [0.3, 0.4) is 0 Å². The molecule has 6 heteroatoms. The number of rotatable bonds is 6. The van der Waals surface area contributed by atoms with E-state index in [2.05, 4.69) is 4.98 Å². The first kappa shape index (κ1) is 14.5. The van der Waals surface area contributed by atoms with Crippen molar-refractivity contribution in [1.29, 1.82) is 0 Å². The van der Waals surface area contributed by atoms with Crippen LogP contribution in [0.15, 0.2) is 24.7 Å². The molecule has 2 rings (SSSR count). The van der Waals surface area contributed by atoms with Crippen LogP contribution >= 0.6 is 0 Å². The molecule has 20 heavy (non-hydrogen) atoms. The van der Waals surface area contributed by atoms with Crippen LogP contribution in [0.1, 0.15) is 24.6 Å². The zero-order valence-corrected chi connectivity index (χ0v) is 11.3. The fraction of sp³-hybridized carbons (Fsp3) is 0.357. The second kappa shape index (κ2) is 6.47. The molecule has 0 amide bonds. The molecule has 4 nitrogen and oxygen atoms in total. The van der Waals surface area contributed by atoms with Crippen molar-refractivity contribution in [3.63, 3.8) is 0 Å². The van der Waals surface area contributed by atoms with Crippen LogP contribution in [0.25, 0.3) is 0 Å². The molecule has 0 unspecified atom stereocenters. The Bertz CT molecular complexity index is 561. The number of hydrogen-bond donors (Lipinski definition) is 1. The molecule has 0 aliphatic heterocycles. The van der Waals surface area contributed by atoms with E-state index in [-0.39, 0.29) is 18.9 Å². The molecule has 0 atom stereocenters. The molecule has 0 aliphatic rings. The minimum atomic E-state index is -0.744. The van der Waals surface area contributed by atoms with E-state index in [1.807, 2.05) is 11.5 Å². The summed E-state index contributed by atoms with van der Waals surface area (Å²) in [6.45, 7) is 2.97. The molecule has 2 aromatic rings. The molecular formula is C14H17F2N3O. The predicted octanol–water partition coefficient (Wildman–Crippen LogP) is 2.61. The summed E-state index contributed by atoms with van der Waals surface area (Å²) in [6, 6.07) is 2.36. The number of imidazole rings is 1. The van der Waals surface area contributed by atoms with Crippen molar-refractivity contribution in [3.05, 3.63) is 47.5 Å². The fourth-order valence-electron chi connectivity index (χ4n) is 1.92. The fourth-order valence-corrected chi connectivity index (χ4v) is 1.92. The molecule has 1 heterocycles. The highest BCUT2D eigenvalue weighted by Gasteiger charge is 2.13. The van der Waals surface area contributed by atoms with Crippen LogP contribution in [-0.4, -0.2) is 9.55 Å². The summed E-state index contributed by atoms with van der Waals surface area (Å²) in [5, 5.41) is 0. The van der Waals surface area contributed by atoms with Gasteiger partial charge in [-0.2, -0.15) is 0 Å². The smallest absolute Gasteiger partial charge is 0.191 e. The number of hydrogen-bond acceptors (Lipinski definition) is 3. The summed E-state index contributed by atoms with van der Waals surface area (Å²) in [5.74, 6) is -1.87. The lowest BCUT2D eigenvalue weighted by atomic mass is 10.2. The summed E-state index contributed by atoms with van der Waals surface area (Å²) in [6.07, 6.45) is 4.24. The maximum absolute atomic E-state index is 13.7. The standard InChI is InChI=1S/C14H17F2N3O/c1-2-3-19-9-18-7-11(19)8-20-14-12(15)4-10(6-17)5-13(14)16/h4-5,7,9H,2-3,6,8,17H2,1H3. The molecule has 0 radical (unpaired) electrons. The Labute approximate surface area is 116 Å². The topological polar surface area (TPSA) is 53.1 Å². The highest BCUT2D eigenvalue weighted by molar-refractivity contribution is 5.31. The highest BCUT2D eigenvalue weighted by Crippen LogP contribution is 2.24. The number of aryl methyl sites for hydroxylation is 1. The van der Waals surface area contributed by atoms with Gasteiger partial charge in [-0.25, -0.2) is 13.8 Å². The third-order valence-electron chi connectivity index (χ3n) is 2.92. The quantitative estimate of drug-likeness (QED) is 0.885. The van der Waals surface area contributed by atoms with E-state index in [9.17, 15) is 8.78 Å². The molecule has 0 spiro atoms. The minimum absolute atomic E-state index is 0.0653.